The van der Waals surface area contributed by atoms with E-state index in [1.807, 2.05) is 19.1 Å². The number of nitrogen functional groups attached to an aromatic ring is 1. The molecule has 0 bridgehead atoms. The summed E-state index contributed by atoms with van der Waals surface area (Å²) >= 11 is 0. The number of rotatable bonds is 5. The van der Waals surface area contributed by atoms with Crippen LogP contribution in [0, 0.1) is 13.8 Å². The first-order chi connectivity index (χ1) is 11.6. The Hall–Kier alpha value is -3.15. The zero-order valence-corrected chi connectivity index (χ0v) is 13.7. The first-order valence-corrected chi connectivity index (χ1v) is 7.71. The SMILES string of the molecule is Cc1ccc(C)c(Nc2ncnc(NCc3cccnc3)c2N)c1. The quantitative estimate of drug-likeness (QED) is 0.667. The van der Waals surface area contributed by atoms with Crippen molar-refractivity contribution in [1.29, 1.82) is 0 Å². The Morgan fingerprint density at radius 1 is 1.08 bits per heavy atom. The predicted octanol–water partition coefficient (Wildman–Crippen LogP) is 3.43. The van der Waals surface area contributed by atoms with E-state index < -0.39 is 0 Å². The largest absolute Gasteiger partial charge is 0.393 e. The predicted molar refractivity (Wildman–Crippen MR) is 97.2 cm³/mol. The number of anilines is 4. The first-order valence-electron chi connectivity index (χ1n) is 7.71. The number of aromatic nitrogens is 3. The molecule has 0 saturated heterocycles. The lowest BCUT2D eigenvalue weighted by Gasteiger charge is -2.14. The maximum Gasteiger partial charge on any atom is 0.159 e. The summed E-state index contributed by atoms with van der Waals surface area (Å²) in [5, 5.41) is 6.52. The number of nitrogens with one attached hydrogen (secondary N) is 2. The summed E-state index contributed by atoms with van der Waals surface area (Å²) in [7, 11) is 0. The van der Waals surface area contributed by atoms with Crippen molar-refractivity contribution >= 4 is 23.0 Å². The molecular weight excluding hydrogens is 300 g/mol. The third-order valence-corrected chi connectivity index (χ3v) is 3.71. The molecule has 0 radical (unpaired) electrons. The number of aryl methyl sites for hydroxylation is 2. The number of hydrogen-bond acceptors (Lipinski definition) is 6. The molecule has 0 amide bonds. The zero-order valence-electron chi connectivity index (χ0n) is 13.7. The van der Waals surface area contributed by atoms with Gasteiger partial charge >= 0.3 is 0 Å². The first kappa shape index (κ1) is 15.7. The topological polar surface area (TPSA) is 88.8 Å². The maximum absolute atomic E-state index is 6.22. The minimum atomic E-state index is 0.488. The van der Waals surface area contributed by atoms with Gasteiger partial charge in [0.05, 0.1) is 0 Å². The van der Waals surface area contributed by atoms with E-state index in [-0.39, 0.29) is 0 Å². The smallest absolute Gasteiger partial charge is 0.159 e. The molecule has 6 nitrogen and oxygen atoms in total. The van der Waals surface area contributed by atoms with Crippen molar-refractivity contribution in [2.24, 2.45) is 0 Å². The van der Waals surface area contributed by atoms with Gasteiger partial charge in [-0.15, -0.1) is 0 Å². The Labute approximate surface area is 141 Å². The number of hydrogen-bond donors (Lipinski definition) is 3. The molecule has 0 spiro atoms. The highest BCUT2D eigenvalue weighted by molar-refractivity contribution is 5.78. The molecule has 3 rings (SSSR count). The van der Waals surface area contributed by atoms with Crippen molar-refractivity contribution in [3.8, 4) is 0 Å². The van der Waals surface area contributed by atoms with Gasteiger partial charge in [0.15, 0.2) is 11.6 Å². The maximum atomic E-state index is 6.22. The van der Waals surface area contributed by atoms with Crippen molar-refractivity contribution in [1.82, 2.24) is 15.0 Å². The van der Waals surface area contributed by atoms with E-state index in [1.165, 1.54) is 11.9 Å². The lowest BCUT2D eigenvalue weighted by Crippen LogP contribution is -2.08. The van der Waals surface area contributed by atoms with Crippen LogP contribution >= 0.6 is 0 Å². The van der Waals surface area contributed by atoms with Crippen molar-refractivity contribution in [2.45, 2.75) is 20.4 Å². The Kier molecular flexibility index (Phi) is 4.56. The van der Waals surface area contributed by atoms with Gasteiger partial charge in [-0.2, -0.15) is 0 Å². The fourth-order valence-corrected chi connectivity index (χ4v) is 2.32. The number of nitrogens with zero attached hydrogens (tertiary/aromatic N) is 3. The van der Waals surface area contributed by atoms with E-state index in [4.69, 9.17) is 5.73 Å². The molecule has 0 aliphatic carbocycles. The normalized spacial score (nSPS) is 10.4. The van der Waals surface area contributed by atoms with Crippen LogP contribution in [0.1, 0.15) is 16.7 Å². The summed E-state index contributed by atoms with van der Waals surface area (Å²) in [5.74, 6) is 1.19. The van der Waals surface area contributed by atoms with Gasteiger partial charge in [0.1, 0.15) is 12.0 Å². The van der Waals surface area contributed by atoms with Crippen molar-refractivity contribution in [3.63, 3.8) is 0 Å². The van der Waals surface area contributed by atoms with Crippen LogP contribution < -0.4 is 16.4 Å². The highest BCUT2D eigenvalue weighted by Gasteiger charge is 2.09. The molecule has 0 aliphatic heterocycles. The monoisotopic (exact) mass is 320 g/mol. The summed E-state index contributed by atoms with van der Waals surface area (Å²) in [5.41, 5.74) is 11.0. The second-order valence-corrected chi connectivity index (χ2v) is 5.64. The summed E-state index contributed by atoms with van der Waals surface area (Å²) in [6, 6.07) is 10.1. The van der Waals surface area contributed by atoms with E-state index in [1.54, 1.807) is 12.4 Å². The molecule has 2 heterocycles. The highest BCUT2D eigenvalue weighted by atomic mass is 15.1. The van der Waals surface area contributed by atoms with Gasteiger partial charge in [-0.25, -0.2) is 9.97 Å². The van der Waals surface area contributed by atoms with Gasteiger partial charge in [0.25, 0.3) is 0 Å². The van der Waals surface area contributed by atoms with Crippen LogP contribution in [0.15, 0.2) is 49.1 Å². The molecule has 122 valence electrons. The van der Waals surface area contributed by atoms with Gasteiger partial charge in [0, 0.05) is 24.6 Å². The Bertz CT molecular complexity index is 832. The van der Waals surface area contributed by atoms with Crippen molar-refractivity contribution in [3.05, 3.63) is 65.7 Å². The van der Waals surface area contributed by atoms with Gasteiger partial charge in [-0.1, -0.05) is 18.2 Å². The molecule has 2 aromatic heterocycles. The van der Waals surface area contributed by atoms with Gasteiger partial charge in [0.2, 0.25) is 0 Å². The van der Waals surface area contributed by atoms with E-state index in [0.717, 1.165) is 16.8 Å². The third-order valence-electron chi connectivity index (χ3n) is 3.71. The van der Waals surface area contributed by atoms with Crippen LogP contribution in [-0.2, 0) is 6.54 Å². The average Bonchev–Trinajstić information content (AvgIpc) is 2.60. The second-order valence-electron chi connectivity index (χ2n) is 5.64. The van der Waals surface area contributed by atoms with Crippen LogP contribution in [0.25, 0.3) is 0 Å². The lowest BCUT2D eigenvalue weighted by atomic mass is 10.1. The molecule has 3 aromatic rings. The molecule has 6 heteroatoms. The molecular formula is C18H20N6. The molecule has 0 aliphatic rings. The van der Waals surface area contributed by atoms with E-state index in [0.29, 0.717) is 23.9 Å². The molecule has 4 N–H and O–H groups in total. The van der Waals surface area contributed by atoms with Crippen LogP contribution in [-0.4, -0.2) is 15.0 Å². The minimum Gasteiger partial charge on any atom is -0.393 e. The molecule has 0 atom stereocenters. The van der Waals surface area contributed by atoms with Crippen molar-refractivity contribution in [2.75, 3.05) is 16.4 Å². The van der Waals surface area contributed by atoms with E-state index in [2.05, 4.69) is 50.7 Å². The average molecular weight is 320 g/mol. The highest BCUT2D eigenvalue weighted by Crippen LogP contribution is 2.28. The van der Waals surface area contributed by atoms with Gasteiger partial charge < -0.3 is 16.4 Å². The Morgan fingerprint density at radius 2 is 1.92 bits per heavy atom. The Balaban J connectivity index is 1.79. The molecule has 0 fully saturated rings. The zero-order chi connectivity index (χ0) is 16.9. The van der Waals surface area contributed by atoms with Crippen LogP contribution in [0.4, 0.5) is 23.0 Å². The minimum absolute atomic E-state index is 0.488. The Morgan fingerprint density at radius 3 is 2.71 bits per heavy atom. The third kappa shape index (κ3) is 3.60. The molecule has 24 heavy (non-hydrogen) atoms. The van der Waals surface area contributed by atoms with Crippen LogP contribution in [0.5, 0.6) is 0 Å². The number of pyridine rings is 1. The fourth-order valence-electron chi connectivity index (χ4n) is 2.32. The van der Waals surface area contributed by atoms with Crippen LogP contribution in [0.2, 0.25) is 0 Å². The van der Waals surface area contributed by atoms with Gasteiger partial charge in [-0.3, -0.25) is 4.98 Å². The van der Waals surface area contributed by atoms with E-state index >= 15 is 0 Å². The second kappa shape index (κ2) is 6.95. The number of benzene rings is 1. The van der Waals surface area contributed by atoms with Gasteiger partial charge in [-0.05, 0) is 42.7 Å². The number of nitrogens with two attached hydrogens (primary N) is 1. The molecule has 0 unspecified atom stereocenters. The summed E-state index contributed by atoms with van der Waals surface area (Å²) in [4.78, 5) is 12.6. The standard InChI is InChI=1S/C18H20N6/c1-12-5-6-13(2)15(8-12)24-18-16(19)17(22-11-23-18)21-10-14-4-3-7-20-9-14/h3-9,11H,10,19H2,1-2H3,(H2,21,22,23,24). The van der Waals surface area contributed by atoms with Crippen LogP contribution in [0.3, 0.4) is 0 Å². The molecule has 0 saturated carbocycles. The molecule has 1 aromatic carbocycles. The van der Waals surface area contributed by atoms with E-state index in [9.17, 15) is 0 Å². The fraction of sp³-hybridized carbons (Fsp3) is 0.167. The lowest BCUT2D eigenvalue weighted by molar-refractivity contribution is 1.07. The van der Waals surface area contributed by atoms with Crippen molar-refractivity contribution < 1.29 is 0 Å². The summed E-state index contributed by atoms with van der Waals surface area (Å²) in [6.07, 6.45) is 5.05. The summed E-state index contributed by atoms with van der Waals surface area (Å²) in [6.45, 7) is 4.69. The summed E-state index contributed by atoms with van der Waals surface area (Å²) < 4.78 is 0.